The summed E-state index contributed by atoms with van der Waals surface area (Å²) in [4.78, 5) is 128. The first kappa shape index (κ1) is 131. The van der Waals surface area contributed by atoms with Gasteiger partial charge in [-0.3, -0.25) is 0 Å². The topological polar surface area (TPSA) is 863 Å². The van der Waals surface area contributed by atoms with E-state index >= 15 is 0 Å². The van der Waals surface area contributed by atoms with Crippen LogP contribution in [0.25, 0.3) is 0 Å². The van der Waals surface area contributed by atoms with Crippen molar-refractivity contribution >= 4 is 281 Å². The molecule has 0 saturated heterocycles. The molecule has 0 heterocycles. The minimum absolute atomic E-state index is 0. The van der Waals surface area contributed by atoms with Gasteiger partial charge in [-0.1, -0.05) is 0 Å². The van der Waals surface area contributed by atoms with Crippen LogP contribution >= 0.6 is 0 Å². The summed E-state index contributed by atoms with van der Waals surface area (Å²) in [5.41, 5.74) is 0. The summed E-state index contributed by atoms with van der Waals surface area (Å²) >= 11 is 0. The van der Waals surface area contributed by atoms with Crippen LogP contribution in [0.4, 0.5) is 71.9 Å². The van der Waals surface area contributed by atoms with Crippen LogP contribution in [0.2, 0.25) is 0 Å². The molecule has 0 rings (SSSR count). The number of rotatable bonds is 0. The Morgan fingerprint density at radius 2 is 0.108 bits per heavy atom. The van der Waals surface area contributed by atoms with Gasteiger partial charge < -0.3 is 153 Å². The van der Waals surface area contributed by atoms with Gasteiger partial charge in [0.15, 0.2) is 0 Å². The molecule has 0 unspecified atom stereocenters. The maximum atomic E-state index is 8.56. The van der Waals surface area contributed by atoms with Crippen LogP contribution in [0.3, 0.4) is 0 Å². The van der Waals surface area contributed by atoms with Gasteiger partial charge in [0.1, 0.15) is 0 Å². The quantitative estimate of drug-likeness (QED) is 0.126. The van der Waals surface area contributed by atoms with E-state index in [1.54, 1.807) is 0 Å². The van der Waals surface area contributed by atoms with Crippen molar-refractivity contribution in [2.45, 2.75) is 0 Å². The van der Waals surface area contributed by atoms with E-state index in [0.29, 0.717) is 0 Å². The van der Waals surface area contributed by atoms with E-state index in [9.17, 15) is 0 Å². The van der Waals surface area contributed by atoms with Gasteiger partial charge in [-0.05, 0) is 0 Å². The van der Waals surface area contributed by atoms with Crippen LogP contribution in [0.15, 0.2) is 0 Å². The van der Waals surface area contributed by atoms with Gasteiger partial charge >= 0.3 is 281 Å². The zero-order valence-corrected chi connectivity index (χ0v) is 27.0. The molecular formula is C15H40Ca5O45. The van der Waals surface area contributed by atoms with Crippen LogP contribution in [0, 0.1) is 0 Å². The molecule has 0 aromatic heterocycles. The second-order valence-electron chi connectivity index (χ2n) is 4.24. The van der Waals surface area contributed by atoms with Crippen molar-refractivity contribution in [3.05, 3.63) is 0 Å². The third kappa shape index (κ3) is 9020. The van der Waals surface area contributed by atoms with Gasteiger partial charge in [0.05, 0.1) is 0 Å². The zero-order chi connectivity index (χ0) is 53.7. The molecule has 0 atom stereocenters. The van der Waals surface area contributed by atoms with Crippen molar-refractivity contribution in [1.29, 1.82) is 0 Å². The molecule has 0 spiro atoms. The third-order valence-electron chi connectivity index (χ3n) is 0. The van der Waals surface area contributed by atoms with Crippen LogP contribution in [-0.2, 0) is 0 Å². The molecule has 65 heavy (non-hydrogen) atoms. The van der Waals surface area contributed by atoms with Crippen molar-refractivity contribution < 1.29 is 225 Å². The normalized spacial score (nSPS) is 5.54. The van der Waals surface area contributed by atoms with Crippen molar-refractivity contribution in [2.75, 3.05) is 0 Å². The number of carboxylic acid groups (broad SMARTS) is 30. The fourth-order valence-corrected chi connectivity index (χ4v) is 0. The fourth-order valence-electron chi connectivity index (χ4n) is 0. The van der Waals surface area contributed by atoms with Crippen molar-refractivity contribution in [1.82, 2.24) is 0 Å². The van der Waals surface area contributed by atoms with E-state index < -0.39 is 92.3 Å². The Bertz CT molecular complexity index is 771. The van der Waals surface area contributed by atoms with E-state index in [0.717, 1.165) is 0 Å². The number of carbonyl (C=O) groups is 15. The number of hydrogen-bond donors (Lipinski definition) is 30. The molecule has 0 bridgehead atoms. The first-order chi connectivity index (χ1) is 26.0. The van der Waals surface area contributed by atoms with Gasteiger partial charge in [-0.2, -0.15) is 0 Å². The maximum absolute atomic E-state index is 8.56. The van der Waals surface area contributed by atoms with Crippen molar-refractivity contribution in [2.24, 2.45) is 0 Å². The summed E-state index contributed by atoms with van der Waals surface area (Å²) in [5.74, 6) is 0. The average Bonchev–Trinajstić information content (AvgIpc) is 2.78. The Hall–Kier alpha value is -4.65. The van der Waals surface area contributed by atoms with Crippen molar-refractivity contribution in [3.63, 3.8) is 0 Å². The van der Waals surface area contributed by atoms with Crippen LogP contribution in [-0.4, -0.2) is 434 Å². The fraction of sp³-hybridized carbons (Fsp3) is 0. The summed E-state index contributed by atoms with van der Waals surface area (Å²) in [5, 5.41) is 209. The summed E-state index contributed by atoms with van der Waals surface area (Å²) < 4.78 is 0. The van der Waals surface area contributed by atoms with Crippen LogP contribution in [0.5, 0.6) is 0 Å². The Morgan fingerprint density at radius 3 is 0.108 bits per heavy atom. The number of hydrogen-bond acceptors (Lipinski definition) is 15. The van der Waals surface area contributed by atoms with Gasteiger partial charge in [0.25, 0.3) is 0 Å². The SMILES string of the molecule is O=C(O)O.O=C(O)O.O=C(O)O.O=C(O)O.O=C(O)O.O=C(O)O.O=C(O)O.O=C(O)O.O=C(O)O.O=C(O)O.O=C(O)O.O=C(O)O.O=C(O)O.O=C(O)O.O=C(O)O.[CaH2].[CaH2].[CaH2].[CaH2].[CaH2]. The van der Waals surface area contributed by atoms with E-state index in [1.165, 1.54) is 0 Å². The first-order valence-corrected chi connectivity index (χ1v) is 9.77. The molecule has 0 saturated carbocycles. The third-order valence-corrected chi connectivity index (χ3v) is 0. The summed E-state index contributed by atoms with van der Waals surface area (Å²) in [6.45, 7) is 0. The second kappa shape index (κ2) is 124. The van der Waals surface area contributed by atoms with Crippen LogP contribution in [0.1, 0.15) is 0 Å². The monoisotopic (exact) mass is 1140 g/mol. The van der Waals surface area contributed by atoms with Gasteiger partial charge in [-0.15, -0.1) is 0 Å². The molecular weight excluding hydrogens is 1100 g/mol. The summed E-state index contributed by atoms with van der Waals surface area (Å²) in [6, 6.07) is 0. The van der Waals surface area contributed by atoms with E-state index in [1.807, 2.05) is 0 Å². The van der Waals surface area contributed by atoms with Crippen LogP contribution < -0.4 is 0 Å². The van der Waals surface area contributed by atoms with Gasteiger partial charge in [-0.25, -0.2) is 71.9 Å². The Balaban J connectivity index is -0.0000000184. The van der Waals surface area contributed by atoms with E-state index in [-0.39, 0.29) is 189 Å². The van der Waals surface area contributed by atoms with Crippen molar-refractivity contribution in [3.8, 4) is 0 Å². The molecule has 45 nitrogen and oxygen atoms in total. The van der Waals surface area contributed by atoms with E-state index in [4.69, 9.17) is 225 Å². The molecule has 0 aromatic rings. The molecule has 0 radical (unpaired) electrons. The zero-order valence-electron chi connectivity index (χ0n) is 27.0. The van der Waals surface area contributed by atoms with Gasteiger partial charge in [0, 0.05) is 0 Å². The molecule has 0 amide bonds. The standard InChI is InChI=1S/15CH2O3.5Ca.10H/c15*2-1(3)4;;;;;;;;;;;;;;;/h15*(H2,2,3,4);;;;;;;;;;;;;;;. The predicted molar refractivity (Wildman–Crippen MR) is 203 cm³/mol. The summed E-state index contributed by atoms with van der Waals surface area (Å²) in [6.07, 6.45) is -27.5. The first-order valence-electron chi connectivity index (χ1n) is 9.77. The second-order valence-corrected chi connectivity index (χ2v) is 4.24. The molecule has 380 valence electrons. The molecule has 30 N–H and O–H groups in total. The Labute approximate surface area is 499 Å². The molecule has 0 fully saturated rings. The van der Waals surface area contributed by atoms with Gasteiger partial charge in [0.2, 0.25) is 0 Å². The summed E-state index contributed by atoms with van der Waals surface area (Å²) in [7, 11) is 0. The Morgan fingerprint density at radius 1 is 0.108 bits per heavy atom. The predicted octanol–water partition coefficient (Wildman–Crippen LogP) is -1.24. The average molecular weight is 1140 g/mol. The van der Waals surface area contributed by atoms with E-state index in [2.05, 4.69) is 0 Å². The minimum atomic E-state index is -1.83. The Kier molecular flexibility index (Phi) is 249. The molecule has 0 aliphatic carbocycles. The molecule has 0 aliphatic heterocycles. The molecule has 0 aromatic carbocycles. The molecule has 0 aliphatic rings. The molecule has 50 heteroatoms.